The molecule has 1 heterocycles. The van der Waals surface area contributed by atoms with Crippen LogP contribution in [-0.4, -0.2) is 18.4 Å². The molecule has 3 aromatic carbocycles. The van der Waals surface area contributed by atoms with Crippen LogP contribution in [-0.2, 0) is 23.3 Å². The van der Waals surface area contributed by atoms with Crippen LogP contribution in [0.3, 0.4) is 0 Å². The number of anilines is 1. The van der Waals surface area contributed by atoms with Gasteiger partial charge in [0, 0.05) is 12.1 Å². The van der Waals surface area contributed by atoms with E-state index in [1.165, 1.54) is 12.1 Å². The minimum Gasteiger partial charge on any atom is -0.482 e. The average molecular weight is 447 g/mol. The molecule has 1 N–H and O–H groups in total. The second kappa shape index (κ2) is 9.06. The van der Waals surface area contributed by atoms with Gasteiger partial charge in [-0.2, -0.15) is 0 Å². The third-order valence-electron chi connectivity index (χ3n) is 5.66. The maximum Gasteiger partial charge on any atom is 0.265 e. The van der Waals surface area contributed by atoms with Crippen LogP contribution in [0.2, 0.25) is 0 Å². The molecule has 5 nitrogen and oxygen atoms in total. The Kier molecular flexibility index (Phi) is 6.18. The normalized spacial score (nSPS) is 13.3. The zero-order valence-corrected chi connectivity index (χ0v) is 19.0. The summed E-state index contributed by atoms with van der Waals surface area (Å²) in [5.74, 6) is 0.00653. The monoisotopic (exact) mass is 446 g/mol. The van der Waals surface area contributed by atoms with Crippen LogP contribution in [0.5, 0.6) is 5.75 Å². The van der Waals surface area contributed by atoms with Crippen molar-refractivity contribution in [3.63, 3.8) is 0 Å². The van der Waals surface area contributed by atoms with E-state index in [0.29, 0.717) is 24.4 Å². The highest BCUT2D eigenvalue weighted by Crippen LogP contribution is 2.37. The number of rotatable bonds is 5. The zero-order valence-electron chi connectivity index (χ0n) is 19.0. The second-order valence-electron chi connectivity index (χ2n) is 9.21. The minimum absolute atomic E-state index is 0.0142. The molecule has 0 unspecified atom stereocenters. The molecule has 0 radical (unpaired) electrons. The Morgan fingerprint density at radius 3 is 2.52 bits per heavy atom. The Hall–Kier alpha value is -3.67. The number of hydrogen-bond donors (Lipinski definition) is 1. The van der Waals surface area contributed by atoms with Crippen LogP contribution in [0.25, 0.3) is 0 Å². The molecule has 0 bridgehead atoms. The van der Waals surface area contributed by atoms with E-state index in [-0.39, 0.29) is 29.7 Å². The molecule has 33 heavy (non-hydrogen) atoms. The summed E-state index contributed by atoms with van der Waals surface area (Å²) < 4.78 is 18.7. The van der Waals surface area contributed by atoms with Crippen LogP contribution in [0.15, 0.2) is 66.7 Å². The average Bonchev–Trinajstić information content (AvgIpc) is 2.79. The standard InChI is InChI=1S/C27H27FN2O3/c1-27(2,3)21-9-12-24-23(14-21)30(25(31)17-33-24)16-19-5-4-6-20(13-19)26(32)29-15-18-7-10-22(28)11-8-18/h4-14H,15-17H2,1-3H3,(H,29,32). The van der Waals surface area contributed by atoms with E-state index in [1.807, 2.05) is 24.3 Å². The van der Waals surface area contributed by atoms with Crippen molar-refractivity contribution in [3.8, 4) is 5.75 Å². The first kappa shape index (κ1) is 22.5. The summed E-state index contributed by atoms with van der Waals surface area (Å²) in [7, 11) is 0. The van der Waals surface area contributed by atoms with E-state index in [9.17, 15) is 14.0 Å². The first-order chi connectivity index (χ1) is 15.7. The first-order valence-corrected chi connectivity index (χ1v) is 10.9. The largest absolute Gasteiger partial charge is 0.482 e. The fraction of sp³-hybridized carbons (Fsp3) is 0.259. The molecule has 6 heteroatoms. The lowest BCUT2D eigenvalue weighted by Gasteiger charge is -2.31. The molecule has 3 aromatic rings. The lowest BCUT2D eigenvalue weighted by Crippen LogP contribution is -2.38. The number of halogens is 1. The number of amides is 2. The lowest BCUT2D eigenvalue weighted by molar-refractivity contribution is -0.121. The molecule has 2 amide bonds. The maximum absolute atomic E-state index is 13.1. The fourth-order valence-corrected chi connectivity index (χ4v) is 3.72. The van der Waals surface area contributed by atoms with Crippen LogP contribution >= 0.6 is 0 Å². The zero-order chi connectivity index (χ0) is 23.6. The van der Waals surface area contributed by atoms with Gasteiger partial charge in [-0.15, -0.1) is 0 Å². The predicted octanol–water partition coefficient (Wildman–Crippen LogP) is 4.98. The number of hydrogen-bond acceptors (Lipinski definition) is 3. The maximum atomic E-state index is 13.1. The van der Waals surface area contributed by atoms with Gasteiger partial charge >= 0.3 is 0 Å². The number of nitrogens with one attached hydrogen (secondary N) is 1. The first-order valence-electron chi connectivity index (χ1n) is 10.9. The lowest BCUT2D eigenvalue weighted by atomic mass is 9.86. The van der Waals surface area contributed by atoms with Crippen molar-refractivity contribution in [3.05, 3.63) is 94.8 Å². The van der Waals surface area contributed by atoms with E-state index in [0.717, 1.165) is 22.4 Å². The number of fused-ring (bicyclic) bond motifs is 1. The molecule has 0 atom stereocenters. The highest BCUT2D eigenvalue weighted by atomic mass is 19.1. The van der Waals surface area contributed by atoms with E-state index < -0.39 is 0 Å². The Morgan fingerprint density at radius 2 is 1.79 bits per heavy atom. The van der Waals surface area contributed by atoms with Gasteiger partial charge in [-0.25, -0.2) is 4.39 Å². The predicted molar refractivity (Wildman–Crippen MR) is 126 cm³/mol. The summed E-state index contributed by atoms with van der Waals surface area (Å²) >= 11 is 0. The highest BCUT2D eigenvalue weighted by Gasteiger charge is 2.27. The quantitative estimate of drug-likeness (QED) is 0.602. The van der Waals surface area contributed by atoms with Crippen LogP contribution in [0, 0.1) is 5.82 Å². The summed E-state index contributed by atoms with van der Waals surface area (Å²) in [5, 5.41) is 2.85. The molecule has 4 rings (SSSR count). The molecule has 1 aliphatic rings. The molecular formula is C27H27FN2O3. The van der Waals surface area contributed by atoms with Gasteiger partial charge in [0.1, 0.15) is 11.6 Å². The van der Waals surface area contributed by atoms with Crippen molar-refractivity contribution in [1.82, 2.24) is 5.32 Å². The highest BCUT2D eigenvalue weighted by molar-refractivity contribution is 5.98. The Morgan fingerprint density at radius 1 is 1.03 bits per heavy atom. The van der Waals surface area contributed by atoms with Crippen molar-refractivity contribution in [2.24, 2.45) is 0 Å². The SMILES string of the molecule is CC(C)(C)c1ccc2c(c1)N(Cc1cccc(C(=O)NCc3ccc(F)cc3)c1)C(=O)CO2. The summed E-state index contributed by atoms with van der Waals surface area (Å²) in [4.78, 5) is 27.1. The van der Waals surface area contributed by atoms with Gasteiger partial charge in [0.2, 0.25) is 0 Å². The third-order valence-corrected chi connectivity index (χ3v) is 5.66. The summed E-state index contributed by atoms with van der Waals surface area (Å²) in [6.07, 6.45) is 0. The van der Waals surface area contributed by atoms with E-state index >= 15 is 0 Å². The Labute approximate surface area is 193 Å². The van der Waals surface area contributed by atoms with Crippen LogP contribution < -0.4 is 15.0 Å². The Bertz CT molecular complexity index is 1180. The molecule has 1 aliphatic heterocycles. The smallest absolute Gasteiger partial charge is 0.265 e. The van der Waals surface area contributed by atoms with Gasteiger partial charge in [0.25, 0.3) is 11.8 Å². The molecule has 170 valence electrons. The van der Waals surface area contributed by atoms with E-state index in [4.69, 9.17) is 4.74 Å². The van der Waals surface area contributed by atoms with Gasteiger partial charge in [-0.1, -0.05) is 51.1 Å². The van der Waals surface area contributed by atoms with Gasteiger partial charge in [-0.3, -0.25) is 9.59 Å². The molecule has 0 spiro atoms. The summed E-state index contributed by atoms with van der Waals surface area (Å²) in [6.45, 7) is 6.99. The van der Waals surface area contributed by atoms with Crippen molar-refractivity contribution in [1.29, 1.82) is 0 Å². The van der Waals surface area contributed by atoms with Crippen molar-refractivity contribution in [2.45, 2.75) is 39.3 Å². The van der Waals surface area contributed by atoms with Gasteiger partial charge < -0.3 is 15.0 Å². The van der Waals surface area contributed by atoms with Crippen LogP contribution in [0.4, 0.5) is 10.1 Å². The molecule has 0 aromatic heterocycles. The van der Waals surface area contributed by atoms with E-state index in [2.05, 4.69) is 26.1 Å². The molecular weight excluding hydrogens is 419 g/mol. The number of nitrogens with zero attached hydrogens (tertiary/aromatic N) is 1. The number of carbonyl (C=O) groups is 2. The molecule has 0 saturated carbocycles. The topological polar surface area (TPSA) is 58.6 Å². The summed E-state index contributed by atoms with van der Waals surface area (Å²) in [6, 6.07) is 19.2. The fourth-order valence-electron chi connectivity index (χ4n) is 3.72. The third kappa shape index (κ3) is 5.22. The number of benzene rings is 3. The molecule has 0 aliphatic carbocycles. The van der Waals surface area contributed by atoms with Gasteiger partial charge in [-0.05, 0) is 58.5 Å². The van der Waals surface area contributed by atoms with Crippen molar-refractivity contribution < 1.29 is 18.7 Å². The number of carbonyl (C=O) groups excluding carboxylic acids is 2. The Balaban J connectivity index is 1.52. The van der Waals surface area contributed by atoms with E-state index in [1.54, 1.807) is 35.2 Å². The second-order valence-corrected chi connectivity index (χ2v) is 9.21. The molecule has 0 fully saturated rings. The van der Waals surface area contributed by atoms with Gasteiger partial charge in [0.05, 0.1) is 12.2 Å². The minimum atomic E-state index is -0.313. The molecule has 0 saturated heterocycles. The number of ether oxygens (including phenoxy) is 1. The van der Waals surface area contributed by atoms with Crippen molar-refractivity contribution >= 4 is 17.5 Å². The van der Waals surface area contributed by atoms with Crippen molar-refractivity contribution in [2.75, 3.05) is 11.5 Å². The van der Waals surface area contributed by atoms with Crippen LogP contribution in [0.1, 0.15) is 47.8 Å². The van der Waals surface area contributed by atoms with Gasteiger partial charge in [0.15, 0.2) is 6.61 Å². The summed E-state index contributed by atoms with van der Waals surface area (Å²) in [5.41, 5.74) is 3.93.